The molecule has 0 aromatic heterocycles. The maximum atomic E-state index is 5.66. The Balaban J connectivity index is 4.81. The molecular formula is C37H76N2. The molecule has 0 bridgehead atoms. The van der Waals surface area contributed by atoms with Crippen LogP contribution in [0.3, 0.4) is 0 Å². The van der Waals surface area contributed by atoms with Crippen molar-refractivity contribution in [3.8, 4) is 0 Å². The summed E-state index contributed by atoms with van der Waals surface area (Å²) in [7, 11) is 0. The highest BCUT2D eigenvalue weighted by Gasteiger charge is 2.14. The third kappa shape index (κ3) is 29.0. The molecule has 234 valence electrons. The number of allylic oxidation sites excluding steroid dienone is 2. The molecule has 0 fully saturated rings. The van der Waals surface area contributed by atoms with Crippen molar-refractivity contribution in [1.29, 1.82) is 0 Å². The molecule has 0 amide bonds. The lowest BCUT2D eigenvalue weighted by Crippen LogP contribution is -2.06. The molecule has 39 heavy (non-hydrogen) atoms. The van der Waals surface area contributed by atoms with Crippen LogP contribution in [0, 0.1) is 5.92 Å². The Bertz CT molecular complexity index is 472. The monoisotopic (exact) mass is 549 g/mol. The standard InChI is InChI=1S/C37H76N2/c1-3-5-7-9-13-19-25-31-37(33-27-21-15-12-17-23-29-35-39)36(30-24-18-10-8-6-4-2)32-26-20-14-11-16-22-28-34-38/h31,36H,3-30,32-35,38-39H2,1-2H3. The lowest BCUT2D eigenvalue weighted by atomic mass is 9.84. The van der Waals surface area contributed by atoms with Crippen molar-refractivity contribution >= 4 is 0 Å². The summed E-state index contributed by atoms with van der Waals surface area (Å²) in [6, 6.07) is 0. The van der Waals surface area contributed by atoms with Crippen LogP contribution in [0.4, 0.5) is 0 Å². The molecule has 1 atom stereocenters. The second kappa shape index (κ2) is 33.9. The Hall–Kier alpha value is -0.340. The number of nitrogens with two attached hydrogens (primary N) is 2. The first-order chi connectivity index (χ1) is 19.3. The number of hydrogen-bond acceptors (Lipinski definition) is 2. The number of hydrogen-bond donors (Lipinski definition) is 2. The summed E-state index contributed by atoms with van der Waals surface area (Å²) in [5.74, 6) is 0.859. The molecule has 0 rings (SSSR count). The summed E-state index contributed by atoms with van der Waals surface area (Å²) in [6.07, 6.45) is 44.6. The molecule has 4 N–H and O–H groups in total. The topological polar surface area (TPSA) is 52.0 Å². The Labute approximate surface area is 248 Å². The molecule has 0 aliphatic heterocycles. The van der Waals surface area contributed by atoms with Crippen LogP contribution in [0.1, 0.15) is 206 Å². The van der Waals surface area contributed by atoms with E-state index < -0.39 is 0 Å². The fraction of sp³-hybridized carbons (Fsp3) is 0.946. The number of unbranched alkanes of at least 4 members (excludes halogenated alkanes) is 23. The van der Waals surface area contributed by atoms with Gasteiger partial charge in [-0.2, -0.15) is 0 Å². The zero-order valence-corrected chi connectivity index (χ0v) is 27.4. The van der Waals surface area contributed by atoms with E-state index in [1.54, 1.807) is 0 Å². The summed E-state index contributed by atoms with van der Waals surface area (Å²) in [5, 5.41) is 0. The quantitative estimate of drug-likeness (QED) is 0.0632. The minimum absolute atomic E-state index is 0.859. The van der Waals surface area contributed by atoms with E-state index in [1.807, 2.05) is 5.57 Å². The van der Waals surface area contributed by atoms with E-state index >= 15 is 0 Å². The van der Waals surface area contributed by atoms with E-state index in [1.165, 1.54) is 193 Å². The van der Waals surface area contributed by atoms with Gasteiger partial charge in [-0.05, 0) is 70.4 Å². The van der Waals surface area contributed by atoms with E-state index in [0.29, 0.717) is 0 Å². The van der Waals surface area contributed by atoms with Crippen LogP contribution in [0.25, 0.3) is 0 Å². The summed E-state index contributed by atoms with van der Waals surface area (Å²) in [6.45, 7) is 6.37. The van der Waals surface area contributed by atoms with Gasteiger partial charge in [0.1, 0.15) is 0 Å². The fourth-order valence-electron chi connectivity index (χ4n) is 6.15. The molecule has 0 saturated heterocycles. The Morgan fingerprint density at radius 2 is 0.795 bits per heavy atom. The van der Waals surface area contributed by atoms with Crippen LogP contribution >= 0.6 is 0 Å². The fourth-order valence-corrected chi connectivity index (χ4v) is 6.15. The molecule has 0 aliphatic rings. The second-order valence-electron chi connectivity index (χ2n) is 12.7. The van der Waals surface area contributed by atoms with Gasteiger partial charge in [0, 0.05) is 0 Å². The summed E-state index contributed by atoms with van der Waals surface area (Å²) in [4.78, 5) is 0. The van der Waals surface area contributed by atoms with Crippen molar-refractivity contribution in [3.63, 3.8) is 0 Å². The van der Waals surface area contributed by atoms with Crippen LogP contribution in [0.15, 0.2) is 11.6 Å². The van der Waals surface area contributed by atoms with Crippen molar-refractivity contribution in [2.75, 3.05) is 13.1 Å². The van der Waals surface area contributed by atoms with Crippen molar-refractivity contribution < 1.29 is 0 Å². The Morgan fingerprint density at radius 1 is 0.436 bits per heavy atom. The summed E-state index contributed by atoms with van der Waals surface area (Å²) < 4.78 is 0. The molecule has 0 heterocycles. The normalized spacial score (nSPS) is 12.9. The van der Waals surface area contributed by atoms with Gasteiger partial charge < -0.3 is 11.5 Å². The first-order valence-electron chi connectivity index (χ1n) is 18.4. The van der Waals surface area contributed by atoms with Gasteiger partial charge in [-0.15, -0.1) is 0 Å². The van der Waals surface area contributed by atoms with E-state index in [-0.39, 0.29) is 0 Å². The molecule has 0 saturated carbocycles. The summed E-state index contributed by atoms with van der Waals surface area (Å²) >= 11 is 0. The van der Waals surface area contributed by atoms with E-state index in [4.69, 9.17) is 11.5 Å². The van der Waals surface area contributed by atoms with Crippen LogP contribution in [0.2, 0.25) is 0 Å². The van der Waals surface area contributed by atoms with Crippen LogP contribution in [-0.4, -0.2) is 13.1 Å². The molecule has 0 radical (unpaired) electrons. The molecule has 2 heteroatoms. The van der Waals surface area contributed by atoms with Gasteiger partial charge in [0.15, 0.2) is 0 Å². The maximum absolute atomic E-state index is 5.66. The molecule has 1 unspecified atom stereocenters. The SMILES string of the molecule is CCCCCCCCC=C(CCCCCCCCCN)C(CCCCCCCC)CCCCCCCCCN. The molecule has 2 nitrogen and oxygen atoms in total. The first-order valence-corrected chi connectivity index (χ1v) is 18.4. The van der Waals surface area contributed by atoms with E-state index in [9.17, 15) is 0 Å². The van der Waals surface area contributed by atoms with E-state index in [0.717, 1.165) is 19.0 Å². The lowest BCUT2D eigenvalue weighted by Gasteiger charge is -2.22. The van der Waals surface area contributed by atoms with Gasteiger partial charge in [0.05, 0.1) is 0 Å². The molecule has 0 aromatic carbocycles. The highest BCUT2D eigenvalue weighted by atomic mass is 14.5. The van der Waals surface area contributed by atoms with Gasteiger partial charge in [0.2, 0.25) is 0 Å². The Morgan fingerprint density at radius 3 is 1.23 bits per heavy atom. The lowest BCUT2D eigenvalue weighted by molar-refractivity contribution is 0.433. The minimum Gasteiger partial charge on any atom is -0.330 e. The molecular weight excluding hydrogens is 472 g/mol. The molecule has 0 spiro atoms. The predicted molar refractivity (Wildman–Crippen MR) is 180 cm³/mol. The third-order valence-electron chi connectivity index (χ3n) is 8.82. The van der Waals surface area contributed by atoms with Crippen molar-refractivity contribution in [1.82, 2.24) is 0 Å². The second-order valence-corrected chi connectivity index (χ2v) is 12.7. The molecule has 0 aromatic rings. The molecule has 0 aliphatic carbocycles. The highest BCUT2D eigenvalue weighted by Crippen LogP contribution is 2.30. The largest absolute Gasteiger partial charge is 0.330 e. The van der Waals surface area contributed by atoms with Gasteiger partial charge in [0.25, 0.3) is 0 Å². The average Bonchev–Trinajstić information content (AvgIpc) is 2.95. The first kappa shape index (κ1) is 38.7. The van der Waals surface area contributed by atoms with Crippen molar-refractivity contribution in [2.45, 2.75) is 206 Å². The van der Waals surface area contributed by atoms with Gasteiger partial charge in [-0.1, -0.05) is 167 Å². The van der Waals surface area contributed by atoms with Gasteiger partial charge >= 0.3 is 0 Å². The zero-order valence-electron chi connectivity index (χ0n) is 27.4. The van der Waals surface area contributed by atoms with Crippen molar-refractivity contribution in [3.05, 3.63) is 11.6 Å². The summed E-state index contributed by atoms with van der Waals surface area (Å²) in [5.41, 5.74) is 13.2. The van der Waals surface area contributed by atoms with Crippen molar-refractivity contribution in [2.24, 2.45) is 17.4 Å². The smallest absolute Gasteiger partial charge is 0.00773 e. The maximum Gasteiger partial charge on any atom is -0.00773 e. The van der Waals surface area contributed by atoms with Crippen LogP contribution < -0.4 is 11.5 Å². The highest BCUT2D eigenvalue weighted by molar-refractivity contribution is 5.07. The third-order valence-corrected chi connectivity index (χ3v) is 8.82. The Kier molecular flexibility index (Phi) is 33.6. The van der Waals surface area contributed by atoms with Crippen LogP contribution in [-0.2, 0) is 0 Å². The minimum atomic E-state index is 0.859. The van der Waals surface area contributed by atoms with Gasteiger partial charge in [-0.3, -0.25) is 0 Å². The zero-order chi connectivity index (χ0) is 28.5. The van der Waals surface area contributed by atoms with Crippen LogP contribution in [0.5, 0.6) is 0 Å². The average molecular weight is 549 g/mol. The predicted octanol–water partition coefficient (Wildman–Crippen LogP) is 12.2. The van der Waals surface area contributed by atoms with Gasteiger partial charge in [-0.25, -0.2) is 0 Å². The van der Waals surface area contributed by atoms with E-state index in [2.05, 4.69) is 19.9 Å². The number of rotatable bonds is 33.